The second kappa shape index (κ2) is 12.2. The van der Waals surface area contributed by atoms with Gasteiger partial charge in [0, 0.05) is 22.2 Å². The highest BCUT2D eigenvalue weighted by Crippen LogP contribution is 2.27. The zero-order chi connectivity index (χ0) is 26.3. The number of halogens is 3. The van der Waals surface area contributed by atoms with E-state index in [9.17, 15) is 17.6 Å². The molecule has 0 unspecified atom stereocenters. The molecule has 12 heteroatoms. The number of amides is 1. The molecule has 0 aliphatic rings. The molecule has 1 N–H and O–H groups in total. The topological polar surface area (TPSA) is 97.3 Å². The van der Waals surface area contributed by atoms with Gasteiger partial charge in [-0.15, -0.1) is 0 Å². The Morgan fingerprint density at radius 2 is 1.75 bits per heavy atom. The predicted octanol–water partition coefficient (Wildman–Crippen LogP) is 4.49. The molecule has 0 heterocycles. The summed E-state index contributed by atoms with van der Waals surface area (Å²) in [4.78, 5) is 12.5. The molecule has 0 fully saturated rings. The van der Waals surface area contributed by atoms with E-state index in [0.717, 1.165) is 10.4 Å². The first kappa shape index (κ1) is 27.4. The maximum absolute atomic E-state index is 14.4. The zero-order valence-corrected chi connectivity index (χ0v) is 21.6. The lowest BCUT2D eigenvalue weighted by atomic mass is 10.2. The number of carbonyl (C=O) groups is 1. The van der Waals surface area contributed by atoms with Crippen molar-refractivity contribution in [1.29, 1.82) is 0 Å². The summed E-state index contributed by atoms with van der Waals surface area (Å²) in [5, 5.41) is 4.23. The first-order chi connectivity index (χ1) is 17.1. The van der Waals surface area contributed by atoms with Crippen molar-refractivity contribution >= 4 is 45.3 Å². The Kier molecular flexibility index (Phi) is 9.27. The van der Waals surface area contributed by atoms with E-state index in [2.05, 4.69) is 10.5 Å². The fraction of sp³-hybridized carbons (Fsp3) is 0.167. The third kappa shape index (κ3) is 6.73. The number of sulfonamides is 1. The van der Waals surface area contributed by atoms with Crippen LogP contribution >= 0.6 is 23.2 Å². The fourth-order valence-corrected chi connectivity index (χ4v) is 4.86. The number of nitrogens with zero attached hydrogens (tertiary/aromatic N) is 2. The molecule has 3 aromatic rings. The number of hydrazone groups is 1. The van der Waals surface area contributed by atoms with Crippen molar-refractivity contribution in [3.05, 3.63) is 87.7 Å². The van der Waals surface area contributed by atoms with Crippen molar-refractivity contribution in [3.63, 3.8) is 0 Å². The average Bonchev–Trinajstić information content (AvgIpc) is 2.85. The van der Waals surface area contributed by atoms with Gasteiger partial charge in [-0.2, -0.15) is 9.41 Å². The summed E-state index contributed by atoms with van der Waals surface area (Å²) in [6.45, 7) is -1.14. The van der Waals surface area contributed by atoms with Crippen LogP contribution in [0.1, 0.15) is 11.1 Å². The number of ether oxygens (including phenoxy) is 2. The van der Waals surface area contributed by atoms with Crippen LogP contribution in [0.15, 0.2) is 70.7 Å². The molecule has 190 valence electrons. The molecule has 0 bridgehead atoms. The Balaban J connectivity index is 1.82. The molecule has 0 aliphatic heterocycles. The molecular weight excluding hydrogens is 532 g/mol. The molecule has 8 nitrogen and oxygen atoms in total. The minimum absolute atomic E-state index is 0.0261. The summed E-state index contributed by atoms with van der Waals surface area (Å²) in [6.07, 6.45) is 1.35. The zero-order valence-electron chi connectivity index (χ0n) is 19.2. The third-order valence-electron chi connectivity index (χ3n) is 4.98. The lowest BCUT2D eigenvalue weighted by molar-refractivity contribution is -0.121. The van der Waals surface area contributed by atoms with E-state index >= 15 is 0 Å². The summed E-state index contributed by atoms with van der Waals surface area (Å²) in [5.74, 6) is -0.467. The molecule has 0 atom stereocenters. The largest absolute Gasteiger partial charge is 0.493 e. The second-order valence-corrected chi connectivity index (χ2v) is 10.1. The van der Waals surface area contributed by atoms with E-state index in [1.165, 1.54) is 56.8 Å². The van der Waals surface area contributed by atoms with Gasteiger partial charge in [-0.3, -0.25) is 4.79 Å². The van der Waals surface area contributed by atoms with Crippen LogP contribution in [0.4, 0.5) is 4.39 Å². The van der Waals surface area contributed by atoms with E-state index in [1.54, 1.807) is 18.2 Å². The molecule has 0 aliphatic carbocycles. The average molecular weight is 554 g/mol. The van der Waals surface area contributed by atoms with Crippen molar-refractivity contribution in [2.45, 2.75) is 11.4 Å². The Morgan fingerprint density at radius 3 is 2.39 bits per heavy atom. The first-order valence-corrected chi connectivity index (χ1v) is 12.6. The SMILES string of the molecule is COc1ccc(/C=N\NC(=O)CN(Cc2c(F)cccc2Cl)S(=O)(=O)c2ccc(Cl)cc2)cc1OC. The highest BCUT2D eigenvalue weighted by molar-refractivity contribution is 7.89. The maximum Gasteiger partial charge on any atom is 0.255 e. The van der Waals surface area contributed by atoms with Gasteiger partial charge < -0.3 is 9.47 Å². The van der Waals surface area contributed by atoms with Crippen LogP contribution in [-0.4, -0.2) is 45.6 Å². The number of benzene rings is 3. The van der Waals surface area contributed by atoms with Crippen LogP contribution in [0.5, 0.6) is 11.5 Å². The van der Waals surface area contributed by atoms with E-state index in [4.69, 9.17) is 32.7 Å². The molecule has 3 aromatic carbocycles. The summed E-state index contributed by atoms with van der Waals surface area (Å²) < 4.78 is 52.2. The normalized spacial score (nSPS) is 11.6. The summed E-state index contributed by atoms with van der Waals surface area (Å²) in [5.41, 5.74) is 2.80. The van der Waals surface area contributed by atoms with Crippen molar-refractivity contribution in [2.24, 2.45) is 5.10 Å². The van der Waals surface area contributed by atoms with Gasteiger partial charge in [-0.25, -0.2) is 18.2 Å². The monoisotopic (exact) mass is 553 g/mol. The predicted molar refractivity (Wildman–Crippen MR) is 136 cm³/mol. The van der Waals surface area contributed by atoms with Crippen LogP contribution in [0, 0.1) is 5.82 Å². The van der Waals surface area contributed by atoms with Gasteiger partial charge in [0.1, 0.15) is 5.82 Å². The molecule has 3 rings (SSSR count). The van der Waals surface area contributed by atoms with Crippen LogP contribution in [0.2, 0.25) is 10.0 Å². The molecule has 1 amide bonds. The van der Waals surface area contributed by atoms with Gasteiger partial charge in [0.25, 0.3) is 5.91 Å². The van der Waals surface area contributed by atoms with Crippen molar-refractivity contribution in [2.75, 3.05) is 20.8 Å². The highest BCUT2D eigenvalue weighted by atomic mass is 35.5. The van der Waals surface area contributed by atoms with E-state index in [0.29, 0.717) is 22.1 Å². The minimum atomic E-state index is -4.23. The first-order valence-electron chi connectivity index (χ1n) is 10.4. The van der Waals surface area contributed by atoms with Crippen molar-refractivity contribution in [3.8, 4) is 11.5 Å². The standard InChI is InChI=1S/C24H22Cl2FN3O5S/c1-34-22-11-6-16(12-23(22)35-2)13-28-29-24(31)15-30(14-19-20(26)4-3-5-21(19)27)36(32,33)18-9-7-17(25)8-10-18/h3-13H,14-15H2,1-2H3,(H,29,31)/b28-13-. The molecule has 36 heavy (non-hydrogen) atoms. The Hall–Kier alpha value is -3.18. The van der Waals surface area contributed by atoms with Crippen LogP contribution in [-0.2, 0) is 21.4 Å². The lowest BCUT2D eigenvalue weighted by Crippen LogP contribution is -2.39. The van der Waals surface area contributed by atoms with E-state index in [-0.39, 0.29) is 15.5 Å². The van der Waals surface area contributed by atoms with E-state index in [1.807, 2.05) is 0 Å². The smallest absolute Gasteiger partial charge is 0.255 e. The van der Waals surface area contributed by atoms with E-state index < -0.39 is 34.8 Å². The quantitative estimate of drug-likeness (QED) is 0.294. The Morgan fingerprint density at radius 1 is 1.06 bits per heavy atom. The van der Waals surface area contributed by atoms with Gasteiger partial charge in [0.15, 0.2) is 11.5 Å². The summed E-state index contributed by atoms with van der Waals surface area (Å²) in [6, 6.07) is 14.4. The molecule has 0 radical (unpaired) electrons. The van der Waals surface area contributed by atoms with Gasteiger partial charge in [-0.1, -0.05) is 29.3 Å². The number of methoxy groups -OCH3 is 2. The molecule has 0 saturated carbocycles. The summed E-state index contributed by atoms with van der Waals surface area (Å²) in [7, 11) is -1.24. The van der Waals surface area contributed by atoms with Crippen molar-refractivity contribution in [1.82, 2.24) is 9.73 Å². The van der Waals surface area contributed by atoms with Gasteiger partial charge in [-0.05, 0) is 60.2 Å². The van der Waals surface area contributed by atoms with Crippen LogP contribution in [0.3, 0.4) is 0 Å². The number of hydrogen-bond donors (Lipinski definition) is 1. The van der Waals surface area contributed by atoms with Gasteiger partial charge in [0.2, 0.25) is 10.0 Å². The molecule has 0 saturated heterocycles. The van der Waals surface area contributed by atoms with Crippen LogP contribution in [0.25, 0.3) is 0 Å². The second-order valence-electron chi connectivity index (χ2n) is 7.33. The summed E-state index contributed by atoms with van der Waals surface area (Å²) >= 11 is 12.0. The number of hydrogen-bond acceptors (Lipinski definition) is 6. The van der Waals surface area contributed by atoms with Crippen LogP contribution < -0.4 is 14.9 Å². The number of nitrogens with one attached hydrogen (secondary N) is 1. The Labute approximate surface area is 218 Å². The number of carbonyl (C=O) groups excluding carboxylic acids is 1. The molecule has 0 spiro atoms. The van der Waals surface area contributed by atoms with Gasteiger partial charge >= 0.3 is 0 Å². The third-order valence-corrected chi connectivity index (χ3v) is 7.39. The Bertz CT molecular complexity index is 1350. The maximum atomic E-state index is 14.4. The minimum Gasteiger partial charge on any atom is -0.493 e. The number of rotatable bonds is 10. The molecular formula is C24H22Cl2FN3O5S. The highest BCUT2D eigenvalue weighted by Gasteiger charge is 2.28. The molecule has 0 aromatic heterocycles. The lowest BCUT2D eigenvalue weighted by Gasteiger charge is -2.22. The van der Waals surface area contributed by atoms with Gasteiger partial charge in [0.05, 0.1) is 31.9 Å². The fourth-order valence-electron chi connectivity index (χ4n) is 3.15. The van der Waals surface area contributed by atoms with Crippen molar-refractivity contribution < 1.29 is 27.1 Å².